The molecule has 25 heavy (non-hydrogen) atoms. The van der Waals surface area contributed by atoms with E-state index in [1.165, 1.54) is 13.2 Å². The zero-order valence-corrected chi connectivity index (χ0v) is 13.7. The van der Waals surface area contributed by atoms with Crippen LogP contribution in [-0.4, -0.2) is 51.5 Å². The lowest BCUT2D eigenvalue weighted by Gasteiger charge is -2.22. The van der Waals surface area contributed by atoms with Gasteiger partial charge in [-0.15, -0.1) is 0 Å². The van der Waals surface area contributed by atoms with E-state index in [1.807, 2.05) is 4.90 Å². The van der Waals surface area contributed by atoms with Crippen LogP contribution in [-0.2, 0) is 14.3 Å². The molecule has 1 N–H and O–H groups in total. The lowest BCUT2D eigenvalue weighted by molar-refractivity contribution is -0.174. The fraction of sp³-hybridized carbons (Fsp3) is 0.500. The van der Waals surface area contributed by atoms with E-state index in [9.17, 15) is 22.8 Å². The first-order chi connectivity index (χ1) is 11.8. The van der Waals surface area contributed by atoms with Crippen LogP contribution in [0.25, 0.3) is 0 Å². The van der Waals surface area contributed by atoms with Crippen LogP contribution in [0.3, 0.4) is 0 Å². The van der Waals surface area contributed by atoms with Crippen LogP contribution >= 0.6 is 0 Å². The molecule has 1 aromatic carbocycles. The number of halogens is 3. The van der Waals surface area contributed by atoms with Gasteiger partial charge in [0.1, 0.15) is 13.2 Å². The first kappa shape index (κ1) is 19.0. The summed E-state index contributed by atoms with van der Waals surface area (Å²) in [5, 5.41) is 2.51. The van der Waals surface area contributed by atoms with Gasteiger partial charge in [-0.1, -0.05) is 0 Å². The molecule has 0 aliphatic carbocycles. The number of benzene rings is 1. The van der Waals surface area contributed by atoms with Gasteiger partial charge < -0.3 is 19.7 Å². The topological polar surface area (TPSA) is 67.9 Å². The lowest BCUT2D eigenvalue weighted by atomic mass is 10.1. The quantitative estimate of drug-likeness (QED) is 0.790. The van der Waals surface area contributed by atoms with Crippen molar-refractivity contribution in [1.29, 1.82) is 0 Å². The first-order valence-corrected chi connectivity index (χ1v) is 7.72. The van der Waals surface area contributed by atoms with Gasteiger partial charge in [0, 0.05) is 13.1 Å². The maximum atomic E-state index is 12.1. The third kappa shape index (κ3) is 5.63. The third-order valence-corrected chi connectivity index (χ3v) is 3.64. The predicted molar refractivity (Wildman–Crippen MR) is 84.7 cm³/mol. The average molecular weight is 360 g/mol. The van der Waals surface area contributed by atoms with E-state index in [0.29, 0.717) is 11.4 Å². The minimum Gasteiger partial charge on any atom is -0.465 e. The minimum atomic E-state index is -4.49. The highest BCUT2D eigenvalue weighted by atomic mass is 19.4. The van der Waals surface area contributed by atoms with Gasteiger partial charge in [-0.2, -0.15) is 13.2 Å². The number of carbonyl (C=O) groups is 2. The molecule has 0 saturated carbocycles. The van der Waals surface area contributed by atoms with E-state index >= 15 is 0 Å². The van der Waals surface area contributed by atoms with E-state index in [2.05, 4.69) is 14.8 Å². The summed E-state index contributed by atoms with van der Waals surface area (Å²) in [6.45, 7) is -0.640. The summed E-state index contributed by atoms with van der Waals surface area (Å²) in [5.41, 5.74) is 1.27. The highest BCUT2D eigenvalue weighted by molar-refractivity contribution is 5.98. The second-order valence-electron chi connectivity index (χ2n) is 5.57. The van der Waals surface area contributed by atoms with Crippen LogP contribution < -0.4 is 10.2 Å². The van der Waals surface area contributed by atoms with Crippen LogP contribution in [0.1, 0.15) is 23.2 Å². The number of nitrogens with zero attached hydrogens (tertiary/aromatic N) is 1. The van der Waals surface area contributed by atoms with E-state index in [0.717, 1.165) is 25.9 Å². The summed E-state index contributed by atoms with van der Waals surface area (Å²) in [7, 11) is 1.24. The summed E-state index contributed by atoms with van der Waals surface area (Å²) < 4.78 is 45.2. The number of hydrogen-bond acceptors (Lipinski definition) is 5. The molecular weight excluding hydrogens is 341 g/mol. The van der Waals surface area contributed by atoms with Crippen molar-refractivity contribution in [2.75, 3.05) is 43.6 Å². The number of carbonyl (C=O) groups excluding carboxylic acids is 2. The van der Waals surface area contributed by atoms with Crippen LogP contribution in [0, 0.1) is 0 Å². The highest BCUT2D eigenvalue weighted by Crippen LogP contribution is 2.30. The molecule has 1 amide bonds. The molecule has 0 bridgehead atoms. The number of alkyl halides is 3. The van der Waals surface area contributed by atoms with E-state index in [-0.39, 0.29) is 5.56 Å². The molecule has 0 spiro atoms. The molecule has 0 aromatic heterocycles. The molecular formula is C16H19F3N2O4. The molecule has 0 radical (unpaired) electrons. The van der Waals surface area contributed by atoms with Gasteiger partial charge in [-0.3, -0.25) is 4.79 Å². The summed E-state index contributed by atoms with van der Waals surface area (Å²) in [6, 6.07) is 4.71. The van der Waals surface area contributed by atoms with Crippen molar-refractivity contribution in [2.45, 2.75) is 19.0 Å². The van der Waals surface area contributed by atoms with Crippen molar-refractivity contribution < 1.29 is 32.2 Å². The Morgan fingerprint density at radius 3 is 2.52 bits per heavy atom. The molecule has 1 heterocycles. The predicted octanol–water partition coefficient (Wildman–Crippen LogP) is 2.59. The van der Waals surface area contributed by atoms with Crippen LogP contribution in [0.5, 0.6) is 0 Å². The van der Waals surface area contributed by atoms with Gasteiger partial charge in [-0.25, -0.2) is 4.79 Å². The molecule has 6 nitrogen and oxygen atoms in total. The molecule has 1 aliphatic rings. The Labute approximate surface area is 142 Å². The minimum absolute atomic E-state index is 0.233. The molecule has 9 heteroatoms. The number of methoxy groups -OCH3 is 1. The van der Waals surface area contributed by atoms with Gasteiger partial charge >= 0.3 is 12.1 Å². The SMILES string of the molecule is COC(=O)c1ccc(N2CCCC2)c(NC(=O)COCC(F)(F)F)c1. The van der Waals surface area contributed by atoms with Crippen molar-refractivity contribution in [2.24, 2.45) is 0 Å². The van der Waals surface area contributed by atoms with Crippen molar-refractivity contribution in [3.8, 4) is 0 Å². The Morgan fingerprint density at radius 2 is 1.92 bits per heavy atom. The smallest absolute Gasteiger partial charge is 0.411 e. The number of rotatable bonds is 6. The van der Waals surface area contributed by atoms with Crippen molar-refractivity contribution in [1.82, 2.24) is 0 Å². The second-order valence-corrected chi connectivity index (χ2v) is 5.57. The number of nitrogens with one attached hydrogen (secondary N) is 1. The van der Waals surface area contributed by atoms with Crippen LogP contribution in [0.4, 0.5) is 24.5 Å². The van der Waals surface area contributed by atoms with Gasteiger partial charge in [0.15, 0.2) is 0 Å². The maximum Gasteiger partial charge on any atom is 0.411 e. The monoisotopic (exact) mass is 360 g/mol. The number of esters is 1. The normalized spacial score (nSPS) is 14.5. The number of ether oxygens (including phenoxy) is 2. The number of anilines is 2. The summed E-state index contributed by atoms with van der Waals surface area (Å²) >= 11 is 0. The third-order valence-electron chi connectivity index (χ3n) is 3.64. The number of amides is 1. The Morgan fingerprint density at radius 1 is 1.24 bits per heavy atom. The van der Waals surface area contributed by atoms with E-state index in [1.54, 1.807) is 12.1 Å². The second kappa shape index (κ2) is 8.19. The zero-order valence-electron chi connectivity index (χ0n) is 13.7. The van der Waals surface area contributed by atoms with E-state index < -0.39 is 31.3 Å². The molecule has 2 rings (SSSR count). The standard InChI is InChI=1S/C16H19F3N2O4/c1-24-15(23)11-4-5-13(21-6-2-3-7-21)12(8-11)20-14(22)9-25-10-16(17,18)19/h4-5,8H,2-3,6-7,9-10H2,1H3,(H,20,22). The van der Waals surface area contributed by atoms with Crippen LogP contribution in [0.2, 0.25) is 0 Å². The molecule has 0 atom stereocenters. The molecule has 1 fully saturated rings. The Balaban J connectivity index is 2.12. The highest BCUT2D eigenvalue weighted by Gasteiger charge is 2.28. The summed E-state index contributed by atoms with van der Waals surface area (Å²) in [4.78, 5) is 25.6. The molecule has 1 aliphatic heterocycles. The van der Waals surface area contributed by atoms with Gasteiger partial charge in [0.25, 0.3) is 0 Å². The Kier molecular flexibility index (Phi) is 6.24. The Hall–Kier alpha value is -2.29. The summed E-state index contributed by atoms with van der Waals surface area (Å²) in [6.07, 6.45) is -2.49. The van der Waals surface area contributed by atoms with Crippen molar-refractivity contribution >= 4 is 23.3 Å². The number of hydrogen-bond donors (Lipinski definition) is 1. The van der Waals surface area contributed by atoms with Gasteiger partial charge in [0.2, 0.25) is 5.91 Å². The fourth-order valence-corrected chi connectivity index (χ4v) is 2.56. The van der Waals surface area contributed by atoms with Gasteiger partial charge in [0.05, 0.1) is 24.0 Å². The van der Waals surface area contributed by atoms with Crippen molar-refractivity contribution in [3.63, 3.8) is 0 Å². The Bertz CT molecular complexity index is 628. The average Bonchev–Trinajstić information content (AvgIpc) is 3.07. The molecule has 138 valence electrons. The molecule has 1 aromatic rings. The van der Waals surface area contributed by atoms with Crippen LogP contribution in [0.15, 0.2) is 18.2 Å². The van der Waals surface area contributed by atoms with Gasteiger partial charge in [-0.05, 0) is 31.0 Å². The first-order valence-electron chi connectivity index (χ1n) is 7.72. The van der Waals surface area contributed by atoms with E-state index in [4.69, 9.17) is 0 Å². The summed E-state index contributed by atoms with van der Waals surface area (Å²) in [5.74, 6) is -1.30. The lowest BCUT2D eigenvalue weighted by Crippen LogP contribution is -2.26. The maximum absolute atomic E-state index is 12.1. The molecule has 0 unspecified atom stereocenters. The van der Waals surface area contributed by atoms with Crippen molar-refractivity contribution in [3.05, 3.63) is 23.8 Å². The molecule has 1 saturated heterocycles. The fourth-order valence-electron chi connectivity index (χ4n) is 2.56. The zero-order chi connectivity index (χ0) is 18.4. The largest absolute Gasteiger partial charge is 0.465 e.